The number of carbonyl (C=O) groups excluding carboxylic acids is 1. The van der Waals surface area contributed by atoms with Crippen molar-refractivity contribution in [2.45, 2.75) is 19.1 Å². The Kier molecular flexibility index (Phi) is 4.68. The normalized spacial score (nSPS) is 13.0. The summed E-state index contributed by atoms with van der Waals surface area (Å²) in [6.45, 7) is 1.61. The highest BCUT2D eigenvalue weighted by Crippen LogP contribution is 2.33. The Morgan fingerprint density at radius 1 is 1.37 bits per heavy atom. The lowest BCUT2D eigenvalue weighted by Gasteiger charge is -2.20. The third-order valence-electron chi connectivity index (χ3n) is 2.48. The SMILES string of the molecule is CC(Nc1ccc(C(F)(F)F)cc1Cl)C(=O)N(C)C. The van der Waals surface area contributed by atoms with E-state index >= 15 is 0 Å². The van der Waals surface area contributed by atoms with E-state index in [4.69, 9.17) is 11.6 Å². The predicted molar refractivity (Wildman–Crippen MR) is 68.2 cm³/mol. The Morgan fingerprint density at radius 2 is 1.95 bits per heavy atom. The first-order chi connectivity index (χ1) is 8.62. The van der Waals surface area contributed by atoms with Crippen molar-refractivity contribution in [3.8, 4) is 0 Å². The molecule has 1 aromatic rings. The summed E-state index contributed by atoms with van der Waals surface area (Å²) >= 11 is 5.78. The van der Waals surface area contributed by atoms with Gasteiger partial charge in [0, 0.05) is 14.1 Å². The van der Waals surface area contributed by atoms with E-state index in [0.717, 1.165) is 12.1 Å². The van der Waals surface area contributed by atoms with Gasteiger partial charge in [0.1, 0.15) is 6.04 Å². The molecule has 1 N–H and O–H groups in total. The van der Waals surface area contributed by atoms with Gasteiger partial charge in [-0.25, -0.2) is 0 Å². The first-order valence-corrected chi connectivity index (χ1v) is 5.85. The van der Waals surface area contributed by atoms with Crippen LogP contribution in [-0.4, -0.2) is 30.9 Å². The zero-order chi connectivity index (χ0) is 14.8. The smallest absolute Gasteiger partial charge is 0.373 e. The molecular formula is C12H14ClF3N2O. The second kappa shape index (κ2) is 5.69. The summed E-state index contributed by atoms with van der Waals surface area (Å²) in [5.41, 5.74) is -0.535. The van der Waals surface area contributed by atoms with Gasteiger partial charge in [-0.05, 0) is 25.1 Å². The van der Waals surface area contributed by atoms with Crippen molar-refractivity contribution in [1.29, 1.82) is 0 Å². The fourth-order valence-corrected chi connectivity index (χ4v) is 1.73. The standard InChI is InChI=1S/C12H14ClF3N2O/c1-7(11(19)18(2)3)17-10-5-4-8(6-9(10)13)12(14,15)16/h4-7,17H,1-3H3. The molecule has 0 saturated carbocycles. The molecule has 1 atom stereocenters. The van der Waals surface area contributed by atoms with Gasteiger partial charge in [0.25, 0.3) is 0 Å². The third kappa shape index (κ3) is 4.02. The van der Waals surface area contributed by atoms with E-state index in [2.05, 4.69) is 5.32 Å². The minimum absolute atomic E-state index is 0.0757. The van der Waals surface area contributed by atoms with Gasteiger partial charge >= 0.3 is 6.18 Å². The Bertz CT molecular complexity index is 475. The molecule has 0 radical (unpaired) electrons. The van der Waals surface area contributed by atoms with Crippen molar-refractivity contribution in [2.24, 2.45) is 0 Å². The van der Waals surface area contributed by atoms with Gasteiger partial charge in [0.2, 0.25) is 5.91 Å². The molecule has 1 aromatic carbocycles. The van der Waals surface area contributed by atoms with Gasteiger partial charge in [-0.1, -0.05) is 11.6 Å². The molecule has 3 nitrogen and oxygen atoms in total. The number of rotatable bonds is 3. The summed E-state index contributed by atoms with van der Waals surface area (Å²) in [5, 5.41) is 2.70. The maximum atomic E-state index is 12.5. The molecule has 7 heteroatoms. The molecule has 19 heavy (non-hydrogen) atoms. The summed E-state index contributed by atoms with van der Waals surface area (Å²) in [5.74, 6) is -0.198. The summed E-state index contributed by atoms with van der Waals surface area (Å²) in [4.78, 5) is 13.0. The molecule has 0 saturated heterocycles. The molecular weight excluding hydrogens is 281 g/mol. The van der Waals surface area contributed by atoms with Crippen molar-refractivity contribution >= 4 is 23.2 Å². The van der Waals surface area contributed by atoms with Crippen LogP contribution in [0.25, 0.3) is 0 Å². The minimum atomic E-state index is -4.44. The van der Waals surface area contributed by atoms with Gasteiger partial charge in [0.05, 0.1) is 16.3 Å². The zero-order valence-electron chi connectivity index (χ0n) is 10.7. The lowest BCUT2D eigenvalue weighted by Crippen LogP contribution is -2.36. The number of amides is 1. The number of benzene rings is 1. The summed E-state index contributed by atoms with van der Waals surface area (Å²) in [6.07, 6.45) is -4.44. The zero-order valence-corrected chi connectivity index (χ0v) is 11.4. The molecule has 1 unspecified atom stereocenters. The van der Waals surface area contributed by atoms with E-state index in [9.17, 15) is 18.0 Å². The maximum absolute atomic E-state index is 12.5. The number of anilines is 1. The van der Waals surface area contributed by atoms with Crippen LogP contribution in [0.2, 0.25) is 5.02 Å². The number of nitrogens with zero attached hydrogens (tertiary/aromatic N) is 1. The van der Waals surface area contributed by atoms with Crippen LogP contribution in [-0.2, 0) is 11.0 Å². The highest BCUT2D eigenvalue weighted by molar-refractivity contribution is 6.33. The van der Waals surface area contributed by atoms with Gasteiger partial charge in [0.15, 0.2) is 0 Å². The molecule has 1 rings (SSSR count). The molecule has 0 heterocycles. The quantitative estimate of drug-likeness (QED) is 0.928. The van der Waals surface area contributed by atoms with Gasteiger partial charge in [-0.3, -0.25) is 4.79 Å². The monoisotopic (exact) mass is 294 g/mol. The van der Waals surface area contributed by atoms with Crippen LogP contribution < -0.4 is 5.32 Å². The van der Waals surface area contributed by atoms with Gasteiger partial charge < -0.3 is 10.2 Å². The average Bonchev–Trinajstić information content (AvgIpc) is 2.29. The molecule has 0 aliphatic rings. The first-order valence-electron chi connectivity index (χ1n) is 5.47. The molecule has 0 aliphatic carbocycles. The Hall–Kier alpha value is -1.43. The van der Waals surface area contributed by atoms with Crippen molar-refractivity contribution < 1.29 is 18.0 Å². The van der Waals surface area contributed by atoms with Gasteiger partial charge in [-0.15, -0.1) is 0 Å². The van der Waals surface area contributed by atoms with Crippen molar-refractivity contribution in [3.05, 3.63) is 28.8 Å². The molecule has 0 aliphatic heterocycles. The largest absolute Gasteiger partial charge is 0.416 e. The summed E-state index contributed by atoms with van der Waals surface area (Å²) in [7, 11) is 3.18. The van der Waals surface area contributed by atoms with E-state index < -0.39 is 17.8 Å². The first kappa shape index (κ1) is 15.6. The second-order valence-corrected chi connectivity index (χ2v) is 4.70. The Balaban J connectivity index is 2.90. The fourth-order valence-electron chi connectivity index (χ4n) is 1.49. The molecule has 106 valence electrons. The highest BCUT2D eigenvalue weighted by atomic mass is 35.5. The topological polar surface area (TPSA) is 32.3 Å². The highest BCUT2D eigenvalue weighted by Gasteiger charge is 2.31. The van der Waals surface area contributed by atoms with E-state index in [1.54, 1.807) is 21.0 Å². The van der Waals surface area contributed by atoms with Crippen LogP contribution in [0.5, 0.6) is 0 Å². The Morgan fingerprint density at radius 3 is 2.37 bits per heavy atom. The number of hydrogen-bond donors (Lipinski definition) is 1. The molecule has 0 aromatic heterocycles. The van der Waals surface area contributed by atoms with Crippen molar-refractivity contribution in [2.75, 3.05) is 19.4 Å². The van der Waals surface area contributed by atoms with Crippen LogP contribution in [0.4, 0.5) is 18.9 Å². The van der Waals surface area contributed by atoms with E-state index in [1.165, 1.54) is 11.0 Å². The number of hydrogen-bond acceptors (Lipinski definition) is 2. The minimum Gasteiger partial charge on any atom is -0.373 e. The average molecular weight is 295 g/mol. The van der Waals surface area contributed by atoms with Crippen LogP contribution >= 0.6 is 11.6 Å². The number of nitrogens with one attached hydrogen (secondary N) is 1. The Labute approximate surface area is 114 Å². The molecule has 0 spiro atoms. The summed E-state index contributed by atoms with van der Waals surface area (Å²) in [6, 6.07) is 2.38. The van der Waals surface area contributed by atoms with E-state index in [1.807, 2.05) is 0 Å². The van der Waals surface area contributed by atoms with E-state index in [0.29, 0.717) is 0 Å². The molecule has 0 fully saturated rings. The summed E-state index contributed by atoms with van der Waals surface area (Å²) < 4.78 is 37.4. The lowest BCUT2D eigenvalue weighted by molar-refractivity contribution is -0.137. The lowest BCUT2D eigenvalue weighted by atomic mass is 10.2. The number of carbonyl (C=O) groups is 1. The van der Waals surface area contributed by atoms with Crippen molar-refractivity contribution in [3.63, 3.8) is 0 Å². The number of alkyl halides is 3. The fraction of sp³-hybridized carbons (Fsp3) is 0.417. The predicted octanol–water partition coefficient (Wildman–Crippen LogP) is 3.25. The second-order valence-electron chi connectivity index (χ2n) is 4.29. The number of halogens is 4. The van der Waals surface area contributed by atoms with Crippen LogP contribution in [0, 0.1) is 0 Å². The molecule has 1 amide bonds. The van der Waals surface area contributed by atoms with Crippen molar-refractivity contribution in [1.82, 2.24) is 4.90 Å². The van der Waals surface area contributed by atoms with E-state index in [-0.39, 0.29) is 16.6 Å². The van der Waals surface area contributed by atoms with Crippen LogP contribution in [0.3, 0.4) is 0 Å². The number of likely N-dealkylation sites (N-methyl/N-ethyl adjacent to an activating group) is 1. The van der Waals surface area contributed by atoms with Crippen LogP contribution in [0.1, 0.15) is 12.5 Å². The van der Waals surface area contributed by atoms with Gasteiger partial charge in [-0.2, -0.15) is 13.2 Å². The molecule has 0 bridgehead atoms. The van der Waals surface area contributed by atoms with Crippen LogP contribution in [0.15, 0.2) is 18.2 Å². The maximum Gasteiger partial charge on any atom is 0.416 e. The third-order valence-corrected chi connectivity index (χ3v) is 2.79.